The molecule has 3 aromatic rings. The highest BCUT2D eigenvalue weighted by Crippen LogP contribution is 2.23. The van der Waals surface area contributed by atoms with E-state index < -0.39 is 0 Å². The Morgan fingerprint density at radius 1 is 1.05 bits per heavy atom. The van der Waals surface area contributed by atoms with E-state index >= 15 is 0 Å². The molecular weight excluding hydrogens is 267 g/mol. The predicted octanol–water partition coefficient (Wildman–Crippen LogP) is 3.70. The second-order valence-corrected chi connectivity index (χ2v) is 4.90. The van der Waals surface area contributed by atoms with Crippen molar-refractivity contribution in [2.45, 2.75) is 13.3 Å². The summed E-state index contributed by atoms with van der Waals surface area (Å²) in [7, 11) is 0. The third-order valence-corrected chi connectivity index (χ3v) is 3.33. The fraction of sp³-hybridized carbons (Fsp3) is 0.176. The second-order valence-electron chi connectivity index (χ2n) is 4.90. The first kappa shape index (κ1) is 13.5. The SMILES string of the molecule is Cc1ccc(CCOc2ncnc3c(F)cccc23)cc1. The zero-order valence-corrected chi connectivity index (χ0v) is 11.7. The first-order valence-corrected chi connectivity index (χ1v) is 6.81. The number of aryl methyl sites for hydroxylation is 1. The van der Waals surface area contributed by atoms with Crippen molar-refractivity contribution in [3.63, 3.8) is 0 Å². The van der Waals surface area contributed by atoms with Crippen molar-refractivity contribution in [1.29, 1.82) is 0 Å². The molecule has 0 bridgehead atoms. The van der Waals surface area contributed by atoms with E-state index in [0.29, 0.717) is 17.9 Å². The molecule has 0 unspecified atom stereocenters. The van der Waals surface area contributed by atoms with Crippen LogP contribution in [0.15, 0.2) is 48.8 Å². The zero-order chi connectivity index (χ0) is 14.7. The van der Waals surface area contributed by atoms with Gasteiger partial charge in [-0.05, 0) is 24.6 Å². The number of ether oxygens (including phenoxy) is 1. The maximum Gasteiger partial charge on any atom is 0.224 e. The minimum Gasteiger partial charge on any atom is -0.477 e. The van der Waals surface area contributed by atoms with Crippen LogP contribution in [0, 0.1) is 12.7 Å². The summed E-state index contributed by atoms with van der Waals surface area (Å²) in [5.41, 5.74) is 2.72. The molecule has 1 aromatic heterocycles. The van der Waals surface area contributed by atoms with E-state index in [0.717, 1.165) is 6.42 Å². The molecule has 3 nitrogen and oxygen atoms in total. The van der Waals surface area contributed by atoms with Crippen molar-refractivity contribution in [2.24, 2.45) is 0 Å². The van der Waals surface area contributed by atoms with Gasteiger partial charge in [0.25, 0.3) is 0 Å². The molecule has 0 fully saturated rings. The number of hydrogen-bond acceptors (Lipinski definition) is 3. The number of para-hydroxylation sites is 1. The number of nitrogens with zero attached hydrogens (tertiary/aromatic N) is 2. The fourth-order valence-electron chi connectivity index (χ4n) is 2.16. The van der Waals surface area contributed by atoms with Gasteiger partial charge in [-0.15, -0.1) is 0 Å². The lowest BCUT2D eigenvalue weighted by molar-refractivity contribution is 0.313. The van der Waals surface area contributed by atoms with Gasteiger partial charge in [-0.25, -0.2) is 14.4 Å². The summed E-state index contributed by atoms with van der Waals surface area (Å²) in [5, 5.41) is 0.599. The Hall–Kier alpha value is -2.49. The lowest BCUT2D eigenvalue weighted by Gasteiger charge is -2.08. The molecule has 0 aliphatic heterocycles. The molecule has 0 atom stereocenters. The molecular formula is C17H15FN2O. The minimum absolute atomic E-state index is 0.290. The maximum absolute atomic E-state index is 13.6. The number of benzene rings is 2. The van der Waals surface area contributed by atoms with E-state index in [-0.39, 0.29) is 11.3 Å². The van der Waals surface area contributed by atoms with Crippen LogP contribution in [0.4, 0.5) is 4.39 Å². The minimum atomic E-state index is -0.363. The van der Waals surface area contributed by atoms with Crippen LogP contribution in [0.1, 0.15) is 11.1 Å². The Morgan fingerprint density at radius 3 is 2.67 bits per heavy atom. The highest BCUT2D eigenvalue weighted by atomic mass is 19.1. The van der Waals surface area contributed by atoms with E-state index in [1.165, 1.54) is 23.5 Å². The summed E-state index contributed by atoms with van der Waals surface area (Å²) in [4.78, 5) is 8.04. The van der Waals surface area contributed by atoms with Crippen molar-refractivity contribution in [3.8, 4) is 5.88 Å². The molecule has 106 valence electrons. The van der Waals surface area contributed by atoms with Crippen molar-refractivity contribution in [1.82, 2.24) is 9.97 Å². The van der Waals surface area contributed by atoms with E-state index in [1.807, 2.05) is 0 Å². The number of aromatic nitrogens is 2. The molecule has 4 heteroatoms. The average Bonchev–Trinajstić information content (AvgIpc) is 2.50. The molecule has 2 aromatic carbocycles. The van der Waals surface area contributed by atoms with Crippen LogP contribution in [-0.2, 0) is 6.42 Å². The van der Waals surface area contributed by atoms with Gasteiger partial charge in [-0.2, -0.15) is 0 Å². The van der Waals surface area contributed by atoms with E-state index in [2.05, 4.69) is 41.2 Å². The Morgan fingerprint density at radius 2 is 1.86 bits per heavy atom. The van der Waals surface area contributed by atoms with Gasteiger partial charge < -0.3 is 4.74 Å². The predicted molar refractivity (Wildman–Crippen MR) is 79.9 cm³/mol. The summed E-state index contributed by atoms with van der Waals surface area (Å²) in [5.74, 6) is 0.0601. The Labute approximate surface area is 122 Å². The molecule has 0 saturated heterocycles. The van der Waals surface area contributed by atoms with Crippen LogP contribution in [0.2, 0.25) is 0 Å². The molecule has 1 heterocycles. The molecule has 0 aliphatic carbocycles. The smallest absolute Gasteiger partial charge is 0.224 e. The van der Waals surface area contributed by atoms with Gasteiger partial charge in [0.15, 0.2) is 0 Å². The van der Waals surface area contributed by atoms with Crippen molar-refractivity contribution < 1.29 is 9.13 Å². The summed E-state index contributed by atoms with van der Waals surface area (Å²) in [6.45, 7) is 2.55. The summed E-state index contributed by atoms with van der Waals surface area (Å²) < 4.78 is 19.3. The third kappa shape index (κ3) is 2.99. The molecule has 0 aliphatic rings. The van der Waals surface area contributed by atoms with Gasteiger partial charge in [0.2, 0.25) is 5.88 Å². The summed E-state index contributed by atoms with van der Waals surface area (Å²) >= 11 is 0. The molecule has 0 N–H and O–H groups in total. The van der Waals surface area contributed by atoms with E-state index in [4.69, 9.17) is 4.74 Å². The normalized spacial score (nSPS) is 10.8. The summed E-state index contributed by atoms with van der Waals surface area (Å²) in [6, 6.07) is 13.1. The van der Waals surface area contributed by atoms with Crippen LogP contribution in [0.25, 0.3) is 10.9 Å². The summed E-state index contributed by atoms with van der Waals surface area (Å²) in [6.07, 6.45) is 2.10. The zero-order valence-electron chi connectivity index (χ0n) is 11.7. The van der Waals surface area contributed by atoms with Crippen molar-refractivity contribution in [3.05, 3.63) is 65.7 Å². The lowest BCUT2D eigenvalue weighted by atomic mass is 10.1. The van der Waals surface area contributed by atoms with Crippen molar-refractivity contribution in [2.75, 3.05) is 6.61 Å². The van der Waals surface area contributed by atoms with Crippen LogP contribution in [0.5, 0.6) is 5.88 Å². The van der Waals surface area contributed by atoms with E-state index in [9.17, 15) is 4.39 Å². The van der Waals surface area contributed by atoms with Crippen LogP contribution in [0.3, 0.4) is 0 Å². The average molecular weight is 282 g/mol. The Kier molecular flexibility index (Phi) is 3.77. The first-order chi connectivity index (χ1) is 10.2. The Balaban J connectivity index is 1.73. The van der Waals surface area contributed by atoms with E-state index in [1.54, 1.807) is 12.1 Å². The van der Waals surface area contributed by atoms with Crippen LogP contribution in [-0.4, -0.2) is 16.6 Å². The topological polar surface area (TPSA) is 35.0 Å². The van der Waals surface area contributed by atoms with Crippen LogP contribution >= 0.6 is 0 Å². The molecule has 3 rings (SSSR count). The number of hydrogen-bond donors (Lipinski definition) is 0. The third-order valence-electron chi connectivity index (χ3n) is 3.33. The van der Waals surface area contributed by atoms with Gasteiger partial charge in [-0.1, -0.05) is 35.9 Å². The van der Waals surface area contributed by atoms with Gasteiger partial charge in [0.1, 0.15) is 17.7 Å². The number of fused-ring (bicyclic) bond motifs is 1. The quantitative estimate of drug-likeness (QED) is 0.732. The number of halogens is 1. The molecule has 0 radical (unpaired) electrons. The highest BCUT2D eigenvalue weighted by molar-refractivity contribution is 5.83. The van der Waals surface area contributed by atoms with Crippen LogP contribution < -0.4 is 4.74 Å². The van der Waals surface area contributed by atoms with Gasteiger partial charge in [-0.3, -0.25) is 0 Å². The molecule has 0 amide bonds. The second kappa shape index (κ2) is 5.87. The Bertz CT molecular complexity index is 756. The lowest BCUT2D eigenvalue weighted by Crippen LogP contribution is -2.03. The van der Waals surface area contributed by atoms with Gasteiger partial charge in [0.05, 0.1) is 12.0 Å². The standard InChI is InChI=1S/C17H15FN2O/c1-12-5-7-13(8-6-12)9-10-21-17-14-3-2-4-15(18)16(14)19-11-20-17/h2-8,11H,9-10H2,1H3. The van der Waals surface area contributed by atoms with Gasteiger partial charge >= 0.3 is 0 Å². The molecule has 21 heavy (non-hydrogen) atoms. The molecule has 0 spiro atoms. The molecule has 0 saturated carbocycles. The monoisotopic (exact) mass is 282 g/mol. The largest absolute Gasteiger partial charge is 0.477 e. The number of rotatable bonds is 4. The van der Waals surface area contributed by atoms with Crippen molar-refractivity contribution >= 4 is 10.9 Å². The maximum atomic E-state index is 13.6. The highest BCUT2D eigenvalue weighted by Gasteiger charge is 2.08. The first-order valence-electron chi connectivity index (χ1n) is 6.81. The fourth-order valence-corrected chi connectivity index (χ4v) is 2.16. The van der Waals surface area contributed by atoms with Gasteiger partial charge in [0, 0.05) is 6.42 Å².